The fourth-order valence-corrected chi connectivity index (χ4v) is 3.73. The van der Waals surface area contributed by atoms with Crippen LogP contribution in [0, 0.1) is 6.92 Å². The van der Waals surface area contributed by atoms with Gasteiger partial charge in [0.05, 0.1) is 0 Å². The molecule has 0 radical (unpaired) electrons. The van der Waals surface area contributed by atoms with Crippen molar-refractivity contribution in [3.05, 3.63) is 17.0 Å². The minimum Gasteiger partial charge on any atom is -0.354 e. The van der Waals surface area contributed by atoms with E-state index in [0.717, 1.165) is 43.9 Å². The van der Waals surface area contributed by atoms with Crippen molar-refractivity contribution in [3.8, 4) is 0 Å². The highest BCUT2D eigenvalue weighted by molar-refractivity contribution is 5.61. The zero-order valence-corrected chi connectivity index (χ0v) is 13.5. The number of aromatic nitrogens is 4. The first kappa shape index (κ1) is 13.9. The third-order valence-corrected chi connectivity index (χ3v) is 5.02. The predicted molar refractivity (Wildman–Crippen MR) is 86.5 cm³/mol. The van der Waals surface area contributed by atoms with Crippen molar-refractivity contribution >= 4 is 11.5 Å². The summed E-state index contributed by atoms with van der Waals surface area (Å²) in [7, 11) is 2.21. The van der Waals surface area contributed by atoms with Crippen LogP contribution in [0.25, 0.3) is 5.65 Å². The van der Waals surface area contributed by atoms with E-state index in [1.807, 2.05) is 11.4 Å². The third kappa shape index (κ3) is 2.26. The average Bonchev–Trinajstić information content (AvgIpc) is 2.77. The zero-order valence-electron chi connectivity index (χ0n) is 13.5. The Morgan fingerprint density at radius 1 is 0.864 bits per heavy atom. The maximum atomic E-state index is 4.94. The summed E-state index contributed by atoms with van der Waals surface area (Å²) in [4.78, 5) is 4.89. The summed E-state index contributed by atoms with van der Waals surface area (Å²) in [6.45, 7) is 6.42. The summed E-state index contributed by atoms with van der Waals surface area (Å²) in [6.07, 6.45) is 5.96. The first-order valence-electron chi connectivity index (χ1n) is 8.41. The molecule has 1 fully saturated rings. The Balaban J connectivity index is 1.83. The van der Waals surface area contributed by atoms with Gasteiger partial charge in [-0.1, -0.05) is 0 Å². The Bertz CT molecular complexity index is 691. The first-order chi connectivity index (χ1) is 10.7. The number of nitrogens with zero attached hydrogens (tertiary/aromatic N) is 6. The van der Waals surface area contributed by atoms with Crippen molar-refractivity contribution in [3.63, 3.8) is 0 Å². The molecule has 1 aliphatic heterocycles. The van der Waals surface area contributed by atoms with Gasteiger partial charge in [0.25, 0.3) is 0 Å². The van der Waals surface area contributed by atoms with E-state index < -0.39 is 0 Å². The lowest BCUT2D eigenvalue weighted by Gasteiger charge is -2.27. The van der Waals surface area contributed by atoms with Gasteiger partial charge in [-0.15, -0.1) is 15.3 Å². The lowest BCUT2D eigenvalue weighted by Crippen LogP contribution is -2.31. The Labute approximate surface area is 131 Å². The second-order valence-corrected chi connectivity index (χ2v) is 6.61. The van der Waals surface area contributed by atoms with E-state index in [2.05, 4.69) is 27.0 Å². The van der Waals surface area contributed by atoms with Gasteiger partial charge in [-0.25, -0.2) is 0 Å². The molecule has 6 heteroatoms. The standard InChI is InChI=1S/C16H24N6/c1-12-17-18-15-13-6-3-4-7-14(13)16(19-22(12)15)21-9-5-8-20(2)10-11-21/h3-11H2,1-2H3. The summed E-state index contributed by atoms with van der Waals surface area (Å²) in [6, 6.07) is 0. The SMILES string of the molecule is Cc1nnc2c3c(c(N4CCCN(C)CC4)nn12)CCCC3. The van der Waals surface area contributed by atoms with E-state index in [1.165, 1.54) is 42.8 Å². The molecule has 2 aromatic rings. The largest absolute Gasteiger partial charge is 0.354 e. The van der Waals surface area contributed by atoms with E-state index >= 15 is 0 Å². The molecule has 4 rings (SSSR count). The van der Waals surface area contributed by atoms with Gasteiger partial charge in [-0.2, -0.15) is 4.52 Å². The van der Waals surface area contributed by atoms with Gasteiger partial charge in [0, 0.05) is 30.8 Å². The molecule has 0 spiro atoms. The van der Waals surface area contributed by atoms with Crippen molar-refractivity contribution in [2.24, 2.45) is 0 Å². The Kier molecular flexibility index (Phi) is 3.48. The molecule has 1 aliphatic carbocycles. The molecule has 0 unspecified atom stereocenters. The normalized spacial score (nSPS) is 20.2. The van der Waals surface area contributed by atoms with Crippen LogP contribution in [0.4, 0.5) is 5.82 Å². The number of aryl methyl sites for hydroxylation is 2. The lowest BCUT2D eigenvalue weighted by molar-refractivity contribution is 0.360. The molecule has 2 aliphatic rings. The molecule has 0 saturated carbocycles. The van der Waals surface area contributed by atoms with Crippen LogP contribution in [-0.2, 0) is 12.8 Å². The van der Waals surface area contributed by atoms with E-state index in [-0.39, 0.29) is 0 Å². The van der Waals surface area contributed by atoms with Crippen molar-refractivity contribution in [2.45, 2.75) is 39.0 Å². The fraction of sp³-hybridized carbons (Fsp3) is 0.688. The Morgan fingerprint density at radius 3 is 2.55 bits per heavy atom. The van der Waals surface area contributed by atoms with Crippen LogP contribution in [0.15, 0.2) is 0 Å². The van der Waals surface area contributed by atoms with Crippen molar-refractivity contribution in [1.82, 2.24) is 24.7 Å². The molecule has 6 nitrogen and oxygen atoms in total. The molecular weight excluding hydrogens is 276 g/mol. The summed E-state index contributed by atoms with van der Waals surface area (Å²) >= 11 is 0. The Morgan fingerprint density at radius 2 is 1.68 bits per heavy atom. The number of rotatable bonds is 1. The molecule has 0 amide bonds. The maximum Gasteiger partial charge on any atom is 0.181 e. The highest BCUT2D eigenvalue weighted by Crippen LogP contribution is 2.31. The van der Waals surface area contributed by atoms with Gasteiger partial charge in [-0.3, -0.25) is 0 Å². The molecule has 3 heterocycles. The molecular formula is C16H24N6. The van der Waals surface area contributed by atoms with Gasteiger partial charge in [0.1, 0.15) is 0 Å². The molecule has 2 aromatic heterocycles. The quantitative estimate of drug-likeness (QED) is 0.798. The van der Waals surface area contributed by atoms with E-state index in [1.54, 1.807) is 0 Å². The first-order valence-corrected chi connectivity index (χ1v) is 8.41. The van der Waals surface area contributed by atoms with Gasteiger partial charge in [0.2, 0.25) is 0 Å². The van der Waals surface area contributed by atoms with Crippen molar-refractivity contribution < 1.29 is 0 Å². The minimum absolute atomic E-state index is 0.886. The summed E-state index contributed by atoms with van der Waals surface area (Å²) in [5, 5.41) is 13.6. The summed E-state index contributed by atoms with van der Waals surface area (Å²) in [5.41, 5.74) is 3.79. The molecule has 0 aromatic carbocycles. The highest BCUT2D eigenvalue weighted by atomic mass is 15.4. The molecule has 1 saturated heterocycles. The average molecular weight is 300 g/mol. The van der Waals surface area contributed by atoms with Gasteiger partial charge < -0.3 is 9.80 Å². The third-order valence-electron chi connectivity index (χ3n) is 5.02. The molecule has 0 bridgehead atoms. The van der Waals surface area contributed by atoms with Crippen LogP contribution in [-0.4, -0.2) is 57.9 Å². The van der Waals surface area contributed by atoms with Gasteiger partial charge in [0.15, 0.2) is 17.3 Å². The van der Waals surface area contributed by atoms with Gasteiger partial charge >= 0.3 is 0 Å². The smallest absolute Gasteiger partial charge is 0.181 e. The van der Waals surface area contributed by atoms with Crippen LogP contribution in [0.3, 0.4) is 0 Å². The second kappa shape index (κ2) is 5.50. The van der Waals surface area contributed by atoms with Gasteiger partial charge in [-0.05, 0) is 52.6 Å². The van der Waals surface area contributed by atoms with Crippen LogP contribution in [0.5, 0.6) is 0 Å². The second-order valence-electron chi connectivity index (χ2n) is 6.61. The fourth-order valence-electron chi connectivity index (χ4n) is 3.73. The maximum absolute atomic E-state index is 4.94. The molecule has 0 atom stereocenters. The molecule has 118 valence electrons. The number of anilines is 1. The Hall–Kier alpha value is -1.69. The number of hydrogen-bond acceptors (Lipinski definition) is 5. The van der Waals surface area contributed by atoms with Crippen LogP contribution in [0.1, 0.15) is 36.2 Å². The summed E-state index contributed by atoms with van der Waals surface area (Å²) < 4.78 is 1.95. The molecule has 0 N–H and O–H groups in total. The van der Waals surface area contributed by atoms with E-state index in [4.69, 9.17) is 5.10 Å². The number of likely N-dealkylation sites (N-methyl/N-ethyl adjacent to an activating group) is 1. The summed E-state index contributed by atoms with van der Waals surface area (Å²) in [5.74, 6) is 2.07. The number of hydrogen-bond donors (Lipinski definition) is 0. The van der Waals surface area contributed by atoms with Crippen molar-refractivity contribution in [1.29, 1.82) is 0 Å². The monoisotopic (exact) mass is 300 g/mol. The minimum atomic E-state index is 0.886. The van der Waals surface area contributed by atoms with Crippen LogP contribution < -0.4 is 4.90 Å². The predicted octanol–water partition coefficient (Wildman–Crippen LogP) is 1.45. The van der Waals surface area contributed by atoms with E-state index in [0.29, 0.717) is 0 Å². The number of fused-ring (bicyclic) bond motifs is 3. The van der Waals surface area contributed by atoms with Crippen molar-refractivity contribution in [2.75, 3.05) is 38.1 Å². The topological polar surface area (TPSA) is 49.6 Å². The lowest BCUT2D eigenvalue weighted by atomic mass is 9.92. The van der Waals surface area contributed by atoms with Crippen LogP contribution >= 0.6 is 0 Å². The zero-order chi connectivity index (χ0) is 15.1. The van der Waals surface area contributed by atoms with Crippen LogP contribution in [0.2, 0.25) is 0 Å². The highest BCUT2D eigenvalue weighted by Gasteiger charge is 2.25. The molecule has 22 heavy (non-hydrogen) atoms. The van der Waals surface area contributed by atoms with E-state index in [9.17, 15) is 0 Å².